The minimum absolute atomic E-state index is 0.0564. The standard InChI is InChI=1S/C24H27N3O3/c1-3-4-14-30-19-12-8-11-18(16-19)23-20-21(17-9-6-5-7-10-17)25-26-22(20)24(28)27(23)13-15-29-2/h5-12,16,23H,3-4,13-15H2,1-2H3,(H,25,26). The van der Waals surface area contributed by atoms with E-state index >= 15 is 0 Å². The maximum absolute atomic E-state index is 13.2. The number of methoxy groups -OCH3 is 1. The third-order valence-electron chi connectivity index (χ3n) is 5.39. The van der Waals surface area contributed by atoms with Crippen LogP contribution in [0.25, 0.3) is 11.3 Å². The van der Waals surface area contributed by atoms with E-state index in [4.69, 9.17) is 9.47 Å². The fourth-order valence-electron chi connectivity index (χ4n) is 3.89. The summed E-state index contributed by atoms with van der Waals surface area (Å²) in [5, 5.41) is 7.48. The van der Waals surface area contributed by atoms with Gasteiger partial charge in [0.15, 0.2) is 0 Å². The zero-order valence-corrected chi connectivity index (χ0v) is 17.4. The Morgan fingerprint density at radius 3 is 2.70 bits per heavy atom. The Hall–Kier alpha value is -3.12. The van der Waals surface area contributed by atoms with Gasteiger partial charge in [-0.1, -0.05) is 55.8 Å². The molecule has 1 amide bonds. The van der Waals surface area contributed by atoms with Gasteiger partial charge in [-0.25, -0.2) is 0 Å². The minimum atomic E-state index is -0.244. The van der Waals surface area contributed by atoms with Gasteiger partial charge in [0.2, 0.25) is 0 Å². The zero-order chi connectivity index (χ0) is 20.9. The number of fused-ring (bicyclic) bond motifs is 1. The van der Waals surface area contributed by atoms with Crippen LogP contribution in [0.1, 0.15) is 47.4 Å². The van der Waals surface area contributed by atoms with Crippen molar-refractivity contribution in [2.45, 2.75) is 25.8 Å². The summed E-state index contributed by atoms with van der Waals surface area (Å²) in [6, 6.07) is 17.7. The Bertz CT molecular complexity index is 1000. The van der Waals surface area contributed by atoms with Gasteiger partial charge in [-0.05, 0) is 24.1 Å². The quantitative estimate of drug-likeness (QED) is 0.534. The SMILES string of the molecule is CCCCOc1cccc(C2c3c(-c4ccccc4)n[nH]c3C(=O)N2CCOC)c1. The molecule has 0 spiro atoms. The summed E-state index contributed by atoms with van der Waals surface area (Å²) in [5.74, 6) is 0.761. The van der Waals surface area contributed by atoms with Crippen molar-refractivity contribution >= 4 is 5.91 Å². The summed E-state index contributed by atoms with van der Waals surface area (Å²) in [5.41, 5.74) is 4.25. The summed E-state index contributed by atoms with van der Waals surface area (Å²) in [6.07, 6.45) is 2.09. The molecule has 2 heterocycles. The fourth-order valence-corrected chi connectivity index (χ4v) is 3.89. The molecule has 0 aliphatic carbocycles. The molecule has 6 nitrogen and oxygen atoms in total. The van der Waals surface area contributed by atoms with E-state index in [1.165, 1.54) is 0 Å². The average Bonchev–Trinajstić information content (AvgIpc) is 3.32. The van der Waals surface area contributed by atoms with Gasteiger partial charge in [-0.2, -0.15) is 5.10 Å². The molecular weight excluding hydrogens is 378 g/mol. The summed E-state index contributed by atoms with van der Waals surface area (Å²) < 4.78 is 11.2. The molecule has 3 aromatic rings. The second-order valence-corrected chi connectivity index (χ2v) is 7.40. The van der Waals surface area contributed by atoms with E-state index < -0.39 is 0 Å². The first-order valence-electron chi connectivity index (χ1n) is 10.4. The summed E-state index contributed by atoms with van der Waals surface area (Å²) >= 11 is 0. The lowest BCUT2D eigenvalue weighted by molar-refractivity contribution is 0.0677. The number of ether oxygens (including phenoxy) is 2. The van der Waals surface area contributed by atoms with E-state index in [1.807, 2.05) is 59.5 Å². The molecule has 1 aliphatic heterocycles. The molecule has 6 heteroatoms. The van der Waals surface area contributed by atoms with Crippen molar-refractivity contribution in [3.05, 3.63) is 71.4 Å². The zero-order valence-electron chi connectivity index (χ0n) is 17.4. The molecule has 1 aromatic heterocycles. The van der Waals surface area contributed by atoms with Gasteiger partial charge in [0, 0.05) is 24.8 Å². The number of benzene rings is 2. The highest BCUT2D eigenvalue weighted by molar-refractivity contribution is 6.00. The predicted octanol–water partition coefficient (Wildman–Crippen LogP) is 4.45. The minimum Gasteiger partial charge on any atom is -0.494 e. The molecule has 156 valence electrons. The van der Waals surface area contributed by atoms with Crippen molar-refractivity contribution in [2.75, 3.05) is 26.9 Å². The van der Waals surface area contributed by atoms with Gasteiger partial charge in [-0.15, -0.1) is 0 Å². The lowest BCUT2D eigenvalue weighted by Crippen LogP contribution is -2.32. The van der Waals surface area contributed by atoms with Gasteiger partial charge in [0.1, 0.15) is 11.4 Å². The van der Waals surface area contributed by atoms with Crippen LogP contribution in [0.2, 0.25) is 0 Å². The van der Waals surface area contributed by atoms with Gasteiger partial charge in [-0.3, -0.25) is 9.89 Å². The van der Waals surface area contributed by atoms with E-state index in [1.54, 1.807) is 7.11 Å². The largest absolute Gasteiger partial charge is 0.494 e. The van der Waals surface area contributed by atoms with Gasteiger partial charge >= 0.3 is 0 Å². The molecule has 30 heavy (non-hydrogen) atoms. The van der Waals surface area contributed by atoms with Gasteiger partial charge in [0.25, 0.3) is 5.91 Å². The molecule has 1 atom stereocenters. The van der Waals surface area contributed by atoms with Crippen LogP contribution in [-0.4, -0.2) is 47.9 Å². The highest BCUT2D eigenvalue weighted by atomic mass is 16.5. The van der Waals surface area contributed by atoms with Crippen molar-refractivity contribution in [3.8, 4) is 17.0 Å². The molecule has 1 unspecified atom stereocenters. The van der Waals surface area contributed by atoms with Crippen molar-refractivity contribution in [1.29, 1.82) is 0 Å². The molecule has 2 aromatic carbocycles. The van der Waals surface area contributed by atoms with Gasteiger partial charge < -0.3 is 14.4 Å². The number of unbranched alkanes of at least 4 members (excludes halogenated alkanes) is 1. The van der Waals surface area contributed by atoms with Crippen LogP contribution in [0.5, 0.6) is 5.75 Å². The molecule has 4 rings (SSSR count). The van der Waals surface area contributed by atoms with E-state index in [0.717, 1.165) is 41.0 Å². The number of aromatic nitrogens is 2. The average molecular weight is 405 g/mol. The Morgan fingerprint density at radius 1 is 1.10 bits per heavy atom. The predicted molar refractivity (Wildman–Crippen MR) is 116 cm³/mol. The molecule has 0 fully saturated rings. The van der Waals surface area contributed by atoms with Crippen LogP contribution in [0.15, 0.2) is 54.6 Å². The highest BCUT2D eigenvalue weighted by Crippen LogP contribution is 2.43. The maximum atomic E-state index is 13.2. The third kappa shape index (κ3) is 3.83. The molecule has 1 N–H and O–H groups in total. The molecule has 0 radical (unpaired) electrons. The number of carbonyl (C=O) groups is 1. The Balaban J connectivity index is 1.76. The molecule has 0 saturated heterocycles. The number of carbonyl (C=O) groups excluding carboxylic acids is 1. The topological polar surface area (TPSA) is 67.5 Å². The summed E-state index contributed by atoms with van der Waals surface area (Å²) in [7, 11) is 1.65. The van der Waals surface area contributed by atoms with Crippen molar-refractivity contribution in [2.24, 2.45) is 0 Å². The van der Waals surface area contributed by atoms with Crippen molar-refractivity contribution < 1.29 is 14.3 Å². The Morgan fingerprint density at radius 2 is 1.93 bits per heavy atom. The number of nitrogens with one attached hydrogen (secondary N) is 1. The number of rotatable bonds is 9. The number of H-pyrrole nitrogens is 1. The summed E-state index contributed by atoms with van der Waals surface area (Å²) in [6.45, 7) is 3.79. The van der Waals surface area contributed by atoms with Crippen LogP contribution in [0.3, 0.4) is 0 Å². The first-order valence-corrected chi connectivity index (χ1v) is 10.4. The molecule has 0 bridgehead atoms. The number of nitrogens with zero attached hydrogens (tertiary/aromatic N) is 2. The van der Waals surface area contributed by atoms with Crippen LogP contribution in [-0.2, 0) is 4.74 Å². The third-order valence-corrected chi connectivity index (χ3v) is 5.39. The van der Waals surface area contributed by atoms with E-state index in [-0.39, 0.29) is 11.9 Å². The van der Waals surface area contributed by atoms with E-state index in [2.05, 4.69) is 17.1 Å². The van der Waals surface area contributed by atoms with Crippen molar-refractivity contribution in [3.63, 3.8) is 0 Å². The lowest BCUT2D eigenvalue weighted by atomic mass is 9.96. The van der Waals surface area contributed by atoms with Crippen molar-refractivity contribution in [1.82, 2.24) is 15.1 Å². The van der Waals surface area contributed by atoms with Gasteiger partial charge in [0.05, 0.1) is 24.9 Å². The van der Waals surface area contributed by atoms with Crippen LogP contribution >= 0.6 is 0 Å². The number of hydrogen-bond acceptors (Lipinski definition) is 4. The van der Waals surface area contributed by atoms with E-state index in [0.29, 0.717) is 25.5 Å². The first kappa shape index (κ1) is 20.2. The number of aromatic amines is 1. The smallest absolute Gasteiger partial charge is 0.273 e. The first-order chi connectivity index (χ1) is 14.7. The second kappa shape index (κ2) is 9.13. The maximum Gasteiger partial charge on any atom is 0.273 e. The Labute approximate surface area is 176 Å². The molecule has 1 aliphatic rings. The van der Waals surface area contributed by atoms with E-state index in [9.17, 15) is 4.79 Å². The highest BCUT2D eigenvalue weighted by Gasteiger charge is 2.42. The summed E-state index contributed by atoms with van der Waals surface area (Å²) in [4.78, 5) is 15.0. The number of hydrogen-bond donors (Lipinski definition) is 1. The van der Waals surface area contributed by atoms with Crippen LogP contribution in [0, 0.1) is 0 Å². The van der Waals surface area contributed by atoms with Crippen LogP contribution < -0.4 is 4.74 Å². The number of amides is 1. The second-order valence-electron chi connectivity index (χ2n) is 7.40. The Kier molecular flexibility index (Phi) is 6.14. The molecular formula is C24H27N3O3. The monoisotopic (exact) mass is 405 g/mol. The lowest BCUT2D eigenvalue weighted by Gasteiger charge is -2.26. The fraction of sp³-hybridized carbons (Fsp3) is 0.333. The molecule has 0 saturated carbocycles. The van der Waals surface area contributed by atoms with Crippen LogP contribution in [0.4, 0.5) is 0 Å². The normalized spacial score (nSPS) is 15.5.